The lowest BCUT2D eigenvalue weighted by Crippen LogP contribution is -2.40. The number of hydrogen-bond donors (Lipinski definition) is 2. The Kier molecular flexibility index (Phi) is 8.40. The SMILES string of the molecule is CCCCC1(CC)CN(c2ccc(C(=O)NC(C)(C)C)cc2)c2cc(SC)c(O)cc2S(=O)C1. The third-order valence-electron chi connectivity index (χ3n) is 6.47. The summed E-state index contributed by atoms with van der Waals surface area (Å²) in [7, 11) is -1.22. The molecule has 2 unspecified atom stereocenters. The van der Waals surface area contributed by atoms with E-state index in [0.717, 1.165) is 48.5 Å². The summed E-state index contributed by atoms with van der Waals surface area (Å²) in [4.78, 5) is 16.3. The molecule has 34 heavy (non-hydrogen) atoms. The van der Waals surface area contributed by atoms with Crippen molar-refractivity contribution < 1.29 is 14.1 Å². The summed E-state index contributed by atoms with van der Waals surface area (Å²) in [6.07, 6.45) is 6.04. The number of rotatable bonds is 7. The molecule has 0 aromatic heterocycles. The Morgan fingerprint density at radius 1 is 1.21 bits per heavy atom. The van der Waals surface area contributed by atoms with Crippen molar-refractivity contribution in [1.29, 1.82) is 0 Å². The van der Waals surface area contributed by atoms with Crippen molar-refractivity contribution in [1.82, 2.24) is 5.32 Å². The van der Waals surface area contributed by atoms with E-state index in [1.165, 1.54) is 11.8 Å². The first-order chi connectivity index (χ1) is 16.0. The van der Waals surface area contributed by atoms with Crippen molar-refractivity contribution in [3.8, 4) is 5.75 Å². The quantitative estimate of drug-likeness (QED) is 0.424. The number of nitrogens with zero attached hydrogens (tertiary/aromatic N) is 1. The molecule has 7 heteroatoms. The second-order valence-electron chi connectivity index (χ2n) is 10.3. The number of carbonyl (C=O) groups is 1. The fraction of sp³-hybridized carbons (Fsp3) is 0.519. The molecular formula is C27H38N2O3S2. The van der Waals surface area contributed by atoms with Gasteiger partial charge in [0.05, 0.1) is 26.3 Å². The fourth-order valence-electron chi connectivity index (χ4n) is 4.45. The molecule has 0 spiro atoms. The number of benzene rings is 2. The highest BCUT2D eigenvalue weighted by molar-refractivity contribution is 7.98. The molecule has 0 saturated heterocycles. The molecule has 0 radical (unpaired) electrons. The van der Waals surface area contributed by atoms with Gasteiger partial charge in [-0.1, -0.05) is 26.7 Å². The Morgan fingerprint density at radius 3 is 2.44 bits per heavy atom. The predicted octanol–water partition coefficient (Wildman–Crippen LogP) is 6.49. The van der Waals surface area contributed by atoms with Crippen molar-refractivity contribution in [3.05, 3.63) is 42.0 Å². The van der Waals surface area contributed by atoms with Gasteiger partial charge >= 0.3 is 0 Å². The molecule has 5 nitrogen and oxygen atoms in total. The molecule has 2 N–H and O–H groups in total. The van der Waals surface area contributed by atoms with Gasteiger partial charge in [0, 0.05) is 29.1 Å². The average Bonchev–Trinajstić information content (AvgIpc) is 2.91. The molecule has 0 saturated carbocycles. The van der Waals surface area contributed by atoms with E-state index in [1.807, 2.05) is 57.4 Å². The van der Waals surface area contributed by atoms with Crippen LogP contribution < -0.4 is 10.2 Å². The number of phenols is 1. The van der Waals surface area contributed by atoms with E-state index >= 15 is 0 Å². The Labute approximate surface area is 211 Å². The number of carbonyl (C=O) groups excluding carboxylic acids is 1. The van der Waals surface area contributed by atoms with E-state index < -0.39 is 10.8 Å². The van der Waals surface area contributed by atoms with E-state index in [4.69, 9.17) is 0 Å². The number of hydrogen-bond acceptors (Lipinski definition) is 5. The van der Waals surface area contributed by atoms with Gasteiger partial charge in [0.25, 0.3) is 5.91 Å². The second kappa shape index (κ2) is 10.7. The fourth-order valence-corrected chi connectivity index (χ4v) is 6.74. The molecule has 0 fully saturated rings. The number of amides is 1. The Bertz CT molecular complexity index is 1050. The summed E-state index contributed by atoms with van der Waals surface area (Å²) in [6, 6.07) is 11.3. The maximum Gasteiger partial charge on any atom is 0.251 e. The normalized spacial score (nSPS) is 20.5. The summed E-state index contributed by atoms with van der Waals surface area (Å²) in [5.74, 6) is 0.653. The molecule has 1 heterocycles. The lowest BCUT2D eigenvalue weighted by Gasteiger charge is -2.36. The van der Waals surface area contributed by atoms with Crippen molar-refractivity contribution in [3.63, 3.8) is 0 Å². The molecule has 0 bridgehead atoms. The summed E-state index contributed by atoms with van der Waals surface area (Å²) in [6.45, 7) is 11.0. The van der Waals surface area contributed by atoms with E-state index in [2.05, 4.69) is 24.1 Å². The minimum absolute atomic E-state index is 0.0999. The van der Waals surface area contributed by atoms with Crippen molar-refractivity contribution in [2.24, 2.45) is 5.41 Å². The summed E-state index contributed by atoms with van der Waals surface area (Å²) in [5, 5.41) is 13.5. The lowest BCUT2D eigenvalue weighted by atomic mass is 9.81. The zero-order valence-corrected chi connectivity index (χ0v) is 22.9. The number of nitrogens with one attached hydrogen (secondary N) is 1. The van der Waals surface area contributed by atoms with Gasteiger partial charge in [0.1, 0.15) is 5.75 Å². The Morgan fingerprint density at radius 2 is 1.88 bits per heavy atom. The third kappa shape index (κ3) is 5.98. The first kappa shape index (κ1) is 26.6. The number of unbranched alkanes of at least 4 members (excludes halogenated alkanes) is 1. The standard InChI is InChI=1S/C27H38N2O3S2/c1-7-9-14-27(8-2)17-29(20-12-10-19(11-13-20)25(31)28-26(3,4)5)21-15-23(33-6)22(30)16-24(21)34(32)18-27/h10-13,15-16,30H,7-9,14,17-18H2,1-6H3,(H,28,31). The van der Waals surface area contributed by atoms with Crippen molar-refractivity contribution in [2.75, 3.05) is 23.5 Å². The van der Waals surface area contributed by atoms with E-state index in [0.29, 0.717) is 16.2 Å². The van der Waals surface area contributed by atoms with Crippen LogP contribution >= 0.6 is 11.8 Å². The van der Waals surface area contributed by atoms with E-state index in [1.54, 1.807) is 6.07 Å². The number of aromatic hydroxyl groups is 1. The lowest BCUT2D eigenvalue weighted by molar-refractivity contribution is 0.0919. The van der Waals surface area contributed by atoms with Crippen molar-refractivity contribution >= 4 is 39.8 Å². The Balaban J connectivity index is 2.09. The topological polar surface area (TPSA) is 69.6 Å². The van der Waals surface area contributed by atoms with Gasteiger partial charge in [-0.25, -0.2) is 0 Å². The smallest absolute Gasteiger partial charge is 0.251 e. The largest absolute Gasteiger partial charge is 0.507 e. The van der Waals surface area contributed by atoms with Gasteiger partial charge in [-0.3, -0.25) is 9.00 Å². The summed E-state index contributed by atoms with van der Waals surface area (Å²) < 4.78 is 13.6. The predicted molar refractivity (Wildman–Crippen MR) is 144 cm³/mol. The molecule has 1 amide bonds. The van der Waals surface area contributed by atoms with Gasteiger partial charge < -0.3 is 15.3 Å². The van der Waals surface area contributed by atoms with Crippen LogP contribution in [0.25, 0.3) is 0 Å². The summed E-state index contributed by atoms with van der Waals surface area (Å²) >= 11 is 1.48. The third-order valence-corrected chi connectivity index (χ3v) is 8.93. The molecule has 0 aliphatic carbocycles. The van der Waals surface area contributed by atoms with Crippen LogP contribution in [0.1, 0.15) is 70.7 Å². The summed E-state index contributed by atoms with van der Waals surface area (Å²) in [5.41, 5.74) is 2.04. The maximum atomic E-state index is 13.6. The van der Waals surface area contributed by atoms with Crippen LogP contribution in [0.5, 0.6) is 5.75 Å². The van der Waals surface area contributed by atoms with Crippen LogP contribution in [0.3, 0.4) is 0 Å². The molecule has 2 aromatic rings. The maximum absolute atomic E-state index is 13.6. The first-order valence-corrected chi connectivity index (χ1v) is 14.6. The average molecular weight is 503 g/mol. The minimum Gasteiger partial charge on any atom is -0.507 e. The number of fused-ring (bicyclic) bond motifs is 1. The number of phenolic OH excluding ortho intramolecular Hbond substituents is 1. The number of anilines is 2. The van der Waals surface area contributed by atoms with Gasteiger partial charge in [0.2, 0.25) is 0 Å². The molecule has 1 aliphatic heterocycles. The molecule has 1 aliphatic rings. The van der Waals surface area contributed by atoms with Crippen molar-refractivity contribution in [2.45, 2.75) is 75.6 Å². The molecule has 3 rings (SSSR count). The van der Waals surface area contributed by atoms with Crippen LogP contribution in [-0.2, 0) is 10.8 Å². The van der Waals surface area contributed by atoms with E-state index in [-0.39, 0.29) is 22.6 Å². The molecular weight excluding hydrogens is 464 g/mol. The molecule has 186 valence electrons. The van der Waals surface area contributed by atoms with Crippen LogP contribution in [0.4, 0.5) is 11.4 Å². The highest BCUT2D eigenvalue weighted by Gasteiger charge is 2.38. The van der Waals surface area contributed by atoms with E-state index in [9.17, 15) is 14.1 Å². The second-order valence-corrected chi connectivity index (χ2v) is 12.5. The highest BCUT2D eigenvalue weighted by Crippen LogP contribution is 2.45. The molecule has 2 atom stereocenters. The molecule has 2 aromatic carbocycles. The van der Waals surface area contributed by atoms with Gasteiger partial charge in [0.15, 0.2) is 0 Å². The monoisotopic (exact) mass is 502 g/mol. The highest BCUT2D eigenvalue weighted by atomic mass is 32.2. The zero-order valence-electron chi connectivity index (χ0n) is 21.2. The van der Waals surface area contributed by atoms with Gasteiger partial charge in [-0.05, 0) is 81.7 Å². The van der Waals surface area contributed by atoms with Gasteiger partial charge in [-0.2, -0.15) is 0 Å². The van der Waals surface area contributed by atoms with Crippen LogP contribution in [0, 0.1) is 5.41 Å². The zero-order chi connectivity index (χ0) is 25.1. The van der Waals surface area contributed by atoms with Crippen LogP contribution in [-0.4, -0.2) is 39.3 Å². The van der Waals surface area contributed by atoms with Crippen LogP contribution in [0.15, 0.2) is 46.2 Å². The first-order valence-electron chi connectivity index (χ1n) is 12.0. The Hall–Kier alpha value is -1.99. The van der Waals surface area contributed by atoms with Gasteiger partial charge in [-0.15, -0.1) is 11.8 Å². The minimum atomic E-state index is -1.22. The number of thioether (sulfide) groups is 1. The van der Waals surface area contributed by atoms with Crippen LogP contribution in [0.2, 0.25) is 0 Å².